The van der Waals surface area contributed by atoms with Crippen molar-refractivity contribution >= 4 is 0 Å². The third kappa shape index (κ3) is 3.23. The molecule has 2 rings (SSSR count). The monoisotopic (exact) mass is 234 g/mol. The van der Waals surface area contributed by atoms with E-state index in [4.69, 9.17) is 5.73 Å². The van der Waals surface area contributed by atoms with Crippen LogP contribution in [-0.2, 0) is 0 Å². The zero-order valence-electron chi connectivity index (χ0n) is 10.7. The first kappa shape index (κ1) is 12.5. The standard InChI is InChI=1S/C13H22N4/c1-13(2)5-3-10(7-13)17-12(8-14)11-4-6-15-9-16-11/h4,6,9-10,12,17H,3,5,7-8,14H2,1-2H3. The Morgan fingerprint density at radius 3 is 2.94 bits per heavy atom. The van der Waals surface area contributed by atoms with E-state index in [1.807, 2.05) is 6.07 Å². The molecule has 3 N–H and O–H groups in total. The quantitative estimate of drug-likeness (QED) is 0.831. The number of hydrogen-bond donors (Lipinski definition) is 2. The molecule has 0 spiro atoms. The molecule has 17 heavy (non-hydrogen) atoms. The van der Waals surface area contributed by atoms with E-state index in [0.29, 0.717) is 18.0 Å². The molecule has 4 heteroatoms. The predicted molar refractivity (Wildman–Crippen MR) is 68.4 cm³/mol. The number of hydrogen-bond acceptors (Lipinski definition) is 4. The molecule has 0 aromatic carbocycles. The second-order valence-electron chi connectivity index (χ2n) is 5.69. The SMILES string of the molecule is CC1(C)CCC(NC(CN)c2ccncn2)C1. The fourth-order valence-electron chi connectivity index (χ4n) is 2.64. The highest BCUT2D eigenvalue weighted by Gasteiger charge is 2.32. The highest BCUT2D eigenvalue weighted by atomic mass is 15.0. The van der Waals surface area contributed by atoms with Crippen molar-refractivity contribution in [3.63, 3.8) is 0 Å². The summed E-state index contributed by atoms with van der Waals surface area (Å²) in [6.45, 7) is 5.24. The van der Waals surface area contributed by atoms with Crippen molar-refractivity contribution in [2.75, 3.05) is 6.54 Å². The minimum Gasteiger partial charge on any atom is -0.329 e. The van der Waals surface area contributed by atoms with Crippen LogP contribution in [0, 0.1) is 5.41 Å². The molecule has 2 atom stereocenters. The zero-order chi connectivity index (χ0) is 12.3. The molecule has 0 saturated heterocycles. The van der Waals surface area contributed by atoms with Gasteiger partial charge in [-0.05, 0) is 30.7 Å². The lowest BCUT2D eigenvalue weighted by Gasteiger charge is -2.23. The first-order chi connectivity index (χ1) is 8.11. The molecule has 0 amide bonds. The topological polar surface area (TPSA) is 63.8 Å². The molecule has 1 aromatic heterocycles. The Kier molecular flexibility index (Phi) is 3.74. The van der Waals surface area contributed by atoms with Gasteiger partial charge >= 0.3 is 0 Å². The fourth-order valence-corrected chi connectivity index (χ4v) is 2.64. The Bertz CT molecular complexity index is 350. The maximum absolute atomic E-state index is 5.83. The Morgan fingerprint density at radius 1 is 1.59 bits per heavy atom. The zero-order valence-corrected chi connectivity index (χ0v) is 10.7. The van der Waals surface area contributed by atoms with Crippen LogP contribution in [0.1, 0.15) is 44.8 Å². The summed E-state index contributed by atoms with van der Waals surface area (Å²) >= 11 is 0. The number of nitrogens with zero attached hydrogens (tertiary/aromatic N) is 2. The molecule has 0 bridgehead atoms. The summed E-state index contributed by atoms with van der Waals surface area (Å²) < 4.78 is 0. The minimum atomic E-state index is 0.150. The number of aromatic nitrogens is 2. The molecular formula is C13H22N4. The highest BCUT2D eigenvalue weighted by Crippen LogP contribution is 2.37. The smallest absolute Gasteiger partial charge is 0.115 e. The molecule has 1 fully saturated rings. The van der Waals surface area contributed by atoms with Crippen LogP contribution in [0.2, 0.25) is 0 Å². The maximum Gasteiger partial charge on any atom is 0.115 e. The van der Waals surface area contributed by atoms with Crippen molar-refractivity contribution < 1.29 is 0 Å². The van der Waals surface area contributed by atoms with Gasteiger partial charge in [-0.25, -0.2) is 9.97 Å². The summed E-state index contributed by atoms with van der Waals surface area (Å²) in [6.07, 6.45) is 7.08. The molecule has 1 heterocycles. The Hall–Kier alpha value is -1.00. The summed E-state index contributed by atoms with van der Waals surface area (Å²) in [4.78, 5) is 8.21. The molecule has 1 aromatic rings. The van der Waals surface area contributed by atoms with Gasteiger partial charge in [0.2, 0.25) is 0 Å². The number of rotatable bonds is 4. The fraction of sp³-hybridized carbons (Fsp3) is 0.692. The molecule has 1 saturated carbocycles. The van der Waals surface area contributed by atoms with E-state index in [2.05, 4.69) is 29.1 Å². The molecule has 0 radical (unpaired) electrons. The van der Waals surface area contributed by atoms with Crippen molar-refractivity contribution in [2.24, 2.45) is 11.1 Å². The van der Waals surface area contributed by atoms with Gasteiger partial charge in [-0.3, -0.25) is 0 Å². The van der Waals surface area contributed by atoms with Crippen LogP contribution in [0.15, 0.2) is 18.6 Å². The van der Waals surface area contributed by atoms with Crippen LogP contribution < -0.4 is 11.1 Å². The summed E-state index contributed by atoms with van der Waals surface area (Å²) in [5.74, 6) is 0. The average Bonchev–Trinajstić information content (AvgIpc) is 2.67. The Balaban J connectivity index is 1.97. The van der Waals surface area contributed by atoms with Gasteiger partial charge in [0.1, 0.15) is 6.33 Å². The third-order valence-electron chi connectivity index (χ3n) is 3.60. The minimum absolute atomic E-state index is 0.150. The molecule has 2 unspecified atom stereocenters. The number of nitrogens with one attached hydrogen (secondary N) is 1. The van der Waals surface area contributed by atoms with E-state index in [1.165, 1.54) is 19.3 Å². The normalized spacial score (nSPS) is 24.8. The van der Waals surface area contributed by atoms with Gasteiger partial charge in [0.15, 0.2) is 0 Å². The van der Waals surface area contributed by atoms with Gasteiger partial charge in [-0.2, -0.15) is 0 Å². The van der Waals surface area contributed by atoms with E-state index in [-0.39, 0.29) is 6.04 Å². The molecule has 0 aliphatic heterocycles. The van der Waals surface area contributed by atoms with Crippen LogP contribution >= 0.6 is 0 Å². The summed E-state index contributed by atoms with van der Waals surface area (Å²) in [5, 5.41) is 3.62. The average molecular weight is 234 g/mol. The van der Waals surface area contributed by atoms with Crippen molar-refractivity contribution in [1.82, 2.24) is 15.3 Å². The maximum atomic E-state index is 5.83. The molecule has 94 valence electrons. The summed E-state index contributed by atoms with van der Waals surface area (Å²) in [6, 6.07) is 2.65. The predicted octanol–water partition coefficient (Wildman–Crippen LogP) is 1.64. The summed E-state index contributed by atoms with van der Waals surface area (Å²) in [7, 11) is 0. The van der Waals surface area contributed by atoms with E-state index in [9.17, 15) is 0 Å². The van der Waals surface area contributed by atoms with Gasteiger partial charge in [-0.1, -0.05) is 13.8 Å². The first-order valence-corrected chi connectivity index (χ1v) is 6.33. The highest BCUT2D eigenvalue weighted by molar-refractivity contribution is 5.06. The number of nitrogens with two attached hydrogens (primary N) is 1. The van der Waals surface area contributed by atoms with E-state index < -0.39 is 0 Å². The van der Waals surface area contributed by atoms with Crippen molar-refractivity contribution in [2.45, 2.75) is 45.2 Å². The largest absolute Gasteiger partial charge is 0.329 e. The summed E-state index contributed by atoms with van der Waals surface area (Å²) in [5.41, 5.74) is 7.28. The second kappa shape index (κ2) is 5.10. The van der Waals surface area contributed by atoms with Crippen molar-refractivity contribution in [3.8, 4) is 0 Å². The third-order valence-corrected chi connectivity index (χ3v) is 3.60. The lowest BCUT2D eigenvalue weighted by atomic mass is 9.92. The van der Waals surface area contributed by atoms with Crippen LogP contribution in [0.3, 0.4) is 0 Å². The molecular weight excluding hydrogens is 212 g/mol. The van der Waals surface area contributed by atoms with Gasteiger partial charge in [0.05, 0.1) is 11.7 Å². The van der Waals surface area contributed by atoms with E-state index >= 15 is 0 Å². The first-order valence-electron chi connectivity index (χ1n) is 6.33. The van der Waals surface area contributed by atoms with Crippen LogP contribution in [-0.4, -0.2) is 22.6 Å². The second-order valence-corrected chi connectivity index (χ2v) is 5.69. The lowest BCUT2D eigenvalue weighted by molar-refractivity contribution is 0.352. The van der Waals surface area contributed by atoms with Gasteiger partial charge < -0.3 is 11.1 Å². The molecule has 4 nitrogen and oxygen atoms in total. The Morgan fingerprint density at radius 2 is 2.41 bits per heavy atom. The van der Waals surface area contributed by atoms with E-state index in [1.54, 1.807) is 12.5 Å². The van der Waals surface area contributed by atoms with Crippen LogP contribution in [0.25, 0.3) is 0 Å². The van der Waals surface area contributed by atoms with Crippen LogP contribution in [0.4, 0.5) is 0 Å². The van der Waals surface area contributed by atoms with Crippen molar-refractivity contribution in [1.29, 1.82) is 0 Å². The van der Waals surface area contributed by atoms with Gasteiger partial charge in [0, 0.05) is 18.8 Å². The van der Waals surface area contributed by atoms with Gasteiger partial charge in [-0.15, -0.1) is 0 Å². The van der Waals surface area contributed by atoms with Crippen LogP contribution in [0.5, 0.6) is 0 Å². The molecule has 1 aliphatic rings. The van der Waals surface area contributed by atoms with E-state index in [0.717, 1.165) is 5.69 Å². The van der Waals surface area contributed by atoms with Crippen molar-refractivity contribution in [3.05, 3.63) is 24.3 Å². The van der Waals surface area contributed by atoms with Gasteiger partial charge in [0.25, 0.3) is 0 Å². The Labute approximate surface area is 103 Å². The lowest BCUT2D eigenvalue weighted by Crippen LogP contribution is -2.36. The molecule has 1 aliphatic carbocycles.